The van der Waals surface area contributed by atoms with Crippen molar-refractivity contribution in [3.8, 4) is 0 Å². The highest BCUT2D eigenvalue weighted by Gasteiger charge is 2.09. The summed E-state index contributed by atoms with van der Waals surface area (Å²) < 4.78 is 23.7. The van der Waals surface area contributed by atoms with Crippen molar-refractivity contribution in [1.29, 1.82) is 0 Å². The molecule has 11 heteroatoms. The van der Waals surface area contributed by atoms with Crippen LogP contribution in [0.25, 0.3) is 0 Å². The van der Waals surface area contributed by atoms with Gasteiger partial charge in [-0.25, -0.2) is 27.7 Å². The van der Waals surface area contributed by atoms with E-state index in [1.165, 1.54) is 5.38 Å². The van der Waals surface area contributed by atoms with Crippen molar-refractivity contribution in [2.45, 2.75) is 6.54 Å². The van der Waals surface area contributed by atoms with Gasteiger partial charge in [-0.1, -0.05) is 0 Å². The Kier molecular flexibility index (Phi) is 5.85. The van der Waals surface area contributed by atoms with Crippen LogP contribution < -0.4 is 15.4 Å². The van der Waals surface area contributed by atoms with Crippen LogP contribution in [0.3, 0.4) is 0 Å². The number of carboxylic acids is 1. The zero-order valence-corrected chi connectivity index (χ0v) is 12.2. The summed E-state index contributed by atoms with van der Waals surface area (Å²) in [5, 5.41) is 15.4. The fourth-order valence-electron chi connectivity index (χ4n) is 1.12. The quantitative estimate of drug-likeness (QED) is 0.484. The minimum absolute atomic E-state index is 0.0652. The molecule has 0 saturated heterocycles. The van der Waals surface area contributed by atoms with Gasteiger partial charge in [-0.05, 0) is 0 Å². The second-order valence-electron chi connectivity index (χ2n) is 3.71. The maximum Gasteiger partial charge on any atom is 0.355 e. The largest absolute Gasteiger partial charge is 0.476 e. The molecule has 0 atom stereocenters. The summed E-state index contributed by atoms with van der Waals surface area (Å²) >= 11 is 1.13. The summed E-state index contributed by atoms with van der Waals surface area (Å²) in [7, 11) is -3.27. The molecular weight excluding hydrogens is 308 g/mol. The number of sulfonamides is 1. The molecule has 1 aromatic heterocycles. The summed E-state index contributed by atoms with van der Waals surface area (Å²) in [5.74, 6) is -1.12. The number of carboxylic acid groups (broad SMARTS) is 1. The predicted octanol–water partition coefficient (Wildman–Crippen LogP) is -0.810. The smallest absolute Gasteiger partial charge is 0.355 e. The number of hydrogen-bond donors (Lipinski definition) is 4. The Labute approximate surface area is 119 Å². The van der Waals surface area contributed by atoms with Gasteiger partial charge in [0.25, 0.3) is 0 Å². The highest BCUT2D eigenvalue weighted by atomic mass is 32.2. The number of thiazole rings is 1. The number of amides is 2. The van der Waals surface area contributed by atoms with Crippen LogP contribution in [0.1, 0.15) is 15.5 Å². The van der Waals surface area contributed by atoms with Crippen molar-refractivity contribution in [1.82, 2.24) is 20.3 Å². The number of aromatic nitrogens is 1. The fraction of sp³-hybridized carbons (Fsp3) is 0.444. The maximum absolute atomic E-state index is 11.3. The van der Waals surface area contributed by atoms with Gasteiger partial charge >= 0.3 is 12.0 Å². The van der Waals surface area contributed by atoms with Gasteiger partial charge in [-0.15, -0.1) is 11.3 Å². The number of hydrogen-bond acceptors (Lipinski definition) is 6. The predicted molar refractivity (Wildman–Crippen MR) is 72.2 cm³/mol. The number of carbonyl (C=O) groups excluding carboxylic acids is 1. The van der Waals surface area contributed by atoms with E-state index in [1.54, 1.807) is 0 Å². The third-order valence-corrected chi connectivity index (χ3v) is 3.52. The van der Waals surface area contributed by atoms with E-state index in [0.717, 1.165) is 17.6 Å². The van der Waals surface area contributed by atoms with Gasteiger partial charge in [0.1, 0.15) is 5.01 Å². The molecule has 1 heterocycles. The van der Waals surface area contributed by atoms with E-state index in [1.807, 2.05) is 0 Å². The molecule has 0 aliphatic carbocycles. The lowest BCUT2D eigenvalue weighted by Crippen LogP contribution is -2.39. The van der Waals surface area contributed by atoms with E-state index in [-0.39, 0.29) is 25.3 Å². The van der Waals surface area contributed by atoms with Crippen molar-refractivity contribution in [3.05, 3.63) is 16.1 Å². The van der Waals surface area contributed by atoms with Crippen LogP contribution in [-0.2, 0) is 16.6 Å². The molecule has 4 N–H and O–H groups in total. The summed E-state index contributed by atoms with van der Waals surface area (Å²) in [6.45, 7) is 0.326. The lowest BCUT2D eigenvalue weighted by molar-refractivity contribution is 0.0691. The Morgan fingerprint density at radius 1 is 1.35 bits per heavy atom. The van der Waals surface area contributed by atoms with Gasteiger partial charge in [-0.3, -0.25) is 0 Å². The van der Waals surface area contributed by atoms with Gasteiger partial charge in [-0.2, -0.15) is 0 Å². The molecule has 0 saturated carbocycles. The van der Waals surface area contributed by atoms with Crippen LogP contribution in [0.15, 0.2) is 5.38 Å². The van der Waals surface area contributed by atoms with Gasteiger partial charge in [0.2, 0.25) is 10.0 Å². The van der Waals surface area contributed by atoms with Crippen molar-refractivity contribution < 1.29 is 23.1 Å². The number of nitrogens with one attached hydrogen (secondary N) is 3. The first-order valence-corrected chi connectivity index (χ1v) is 8.19. The number of urea groups is 1. The molecule has 0 radical (unpaired) electrons. The van der Waals surface area contributed by atoms with E-state index in [2.05, 4.69) is 20.3 Å². The van der Waals surface area contributed by atoms with E-state index < -0.39 is 22.0 Å². The lowest BCUT2D eigenvalue weighted by atomic mass is 10.5. The van der Waals surface area contributed by atoms with Gasteiger partial charge < -0.3 is 15.7 Å². The fourth-order valence-corrected chi connectivity index (χ4v) is 2.30. The molecule has 112 valence electrons. The van der Waals surface area contributed by atoms with Crippen LogP contribution in [0.5, 0.6) is 0 Å². The standard InChI is InChI=1S/C9H14N4O5S2/c1-20(17,18)12-3-2-10-9(16)11-4-7-13-6(5-19-7)8(14)15/h5,12H,2-4H2,1H3,(H,14,15)(H2,10,11,16). The highest BCUT2D eigenvalue weighted by Crippen LogP contribution is 2.08. The van der Waals surface area contributed by atoms with E-state index in [0.29, 0.717) is 5.01 Å². The van der Waals surface area contributed by atoms with Gasteiger partial charge in [0.05, 0.1) is 12.8 Å². The Bertz CT molecular complexity index is 583. The molecule has 0 aliphatic heterocycles. The molecule has 0 aromatic carbocycles. The Hall–Kier alpha value is -1.72. The van der Waals surface area contributed by atoms with Crippen molar-refractivity contribution in [3.63, 3.8) is 0 Å². The summed E-state index contributed by atoms with van der Waals surface area (Å²) in [6, 6.07) is -0.493. The summed E-state index contributed by atoms with van der Waals surface area (Å²) in [6.07, 6.45) is 1.02. The first-order chi connectivity index (χ1) is 9.28. The zero-order chi connectivity index (χ0) is 15.2. The topological polar surface area (TPSA) is 137 Å². The third kappa shape index (κ3) is 6.45. The number of carbonyl (C=O) groups is 2. The summed E-state index contributed by atoms with van der Waals surface area (Å²) in [5.41, 5.74) is -0.0652. The van der Waals surface area contributed by atoms with E-state index >= 15 is 0 Å². The van der Waals surface area contributed by atoms with Crippen molar-refractivity contribution >= 4 is 33.4 Å². The molecule has 0 aliphatic rings. The third-order valence-electron chi connectivity index (χ3n) is 1.95. The second kappa shape index (κ2) is 7.17. The van der Waals surface area contributed by atoms with Crippen LogP contribution in [0.2, 0.25) is 0 Å². The molecule has 0 unspecified atom stereocenters. The highest BCUT2D eigenvalue weighted by molar-refractivity contribution is 7.88. The molecule has 9 nitrogen and oxygen atoms in total. The normalized spacial score (nSPS) is 11.1. The first kappa shape index (κ1) is 16.3. The van der Waals surface area contributed by atoms with Gasteiger partial charge in [0, 0.05) is 18.5 Å². The molecule has 1 rings (SSSR count). The molecular formula is C9H14N4O5S2. The average molecular weight is 322 g/mol. The van der Waals surface area contributed by atoms with E-state index in [4.69, 9.17) is 5.11 Å². The number of aromatic carboxylic acids is 1. The van der Waals surface area contributed by atoms with Gasteiger partial charge in [0.15, 0.2) is 5.69 Å². The molecule has 1 aromatic rings. The molecule has 0 bridgehead atoms. The number of rotatable bonds is 7. The Balaban J connectivity index is 2.24. The SMILES string of the molecule is CS(=O)(=O)NCCNC(=O)NCc1nc(C(=O)O)cs1. The Morgan fingerprint density at radius 3 is 2.60 bits per heavy atom. The minimum Gasteiger partial charge on any atom is -0.476 e. The zero-order valence-electron chi connectivity index (χ0n) is 10.5. The number of nitrogens with zero attached hydrogens (tertiary/aromatic N) is 1. The van der Waals surface area contributed by atoms with Crippen LogP contribution in [-0.4, -0.2) is 49.9 Å². The molecule has 0 spiro atoms. The monoisotopic (exact) mass is 322 g/mol. The molecule has 2 amide bonds. The summed E-state index contributed by atoms with van der Waals surface area (Å²) in [4.78, 5) is 25.7. The Morgan fingerprint density at radius 2 is 2.05 bits per heavy atom. The van der Waals surface area contributed by atoms with Crippen molar-refractivity contribution in [2.75, 3.05) is 19.3 Å². The van der Waals surface area contributed by atoms with Crippen molar-refractivity contribution in [2.24, 2.45) is 0 Å². The lowest BCUT2D eigenvalue weighted by Gasteiger charge is -2.06. The first-order valence-electron chi connectivity index (χ1n) is 5.42. The molecule has 0 fully saturated rings. The van der Waals surface area contributed by atoms with Crippen LogP contribution in [0, 0.1) is 0 Å². The average Bonchev–Trinajstić information content (AvgIpc) is 2.80. The second-order valence-corrected chi connectivity index (χ2v) is 6.48. The van der Waals surface area contributed by atoms with Crippen LogP contribution >= 0.6 is 11.3 Å². The van der Waals surface area contributed by atoms with E-state index in [9.17, 15) is 18.0 Å². The maximum atomic E-state index is 11.3. The minimum atomic E-state index is -3.27. The molecule has 20 heavy (non-hydrogen) atoms. The van der Waals surface area contributed by atoms with Crippen LogP contribution in [0.4, 0.5) is 4.79 Å².